The average molecular weight is 923 g/mol. The Bertz CT molecular complexity index is 1460. The number of amides is 1. The third-order valence-corrected chi connectivity index (χ3v) is 11.4. The predicted octanol–water partition coefficient (Wildman–Crippen LogP) is 14.4. The monoisotopic (exact) mass is 923 g/mol. The van der Waals surface area contributed by atoms with Gasteiger partial charge in [0, 0.05) is 6.42 Å². The first-order valence-corrected chi connectivity index (χ1v) is 26.9. The molecule has 1 amide bonds. The van der Waals surface area contributed by atoms with E-state index in [1.165, 1.54) is 38.5 Å². The number of aliphatic hydroxyl groups excluding tert-OH is 1. The number of hydrogen-bond donors (Lipinski definition) is 2. The second-order valence-corrected chi connectivity index (χ2v) is 19.2. The molecule has 2 N–H and O–H groups in total. The summed E-state index contributed by atoms with van der Waals surface area (Å²) in [6.45, 7) is 4.45. The Balaban J connectivity index is 4.29. The summed E-state index contributed by atoms with van der Waals surface area (Å²) >= 11 is 0. The van der Waals surface area contributed by atoms with Crippen LogP contribution >= 0.6 is 7.82 Å². The zero-order valence-electron chi connectivity index (χ0n) is 41.9. The van der Waals surface area contributed by atoms with Crippen molar-refractivity contribution in [2.45, 2.75) is 187 Å². The number of carbonyl (C=O) groups is 1. The SMILES string of the molecule is CC/C=C\C/C=C\C/C=C\C/C=C\C/C=C\C/C=C\C/C=C\C/C=C\CCCCCCCCC(=O)NC(COP(=O)([O-])OCC[N+](C)(C)C)C(O)/C=C/CC/C=C/CCCCCCCC. The molecule has 8 nitrogen and oxygen atoms in total. The Morgan fingerprint density at radius 3 is 1.43 bits per heavy atom. The molecule has 3 atom stereocenters. The number of hydrogen-bond acceptors (Lipinski definition) is 6. The molecule has 370 valence electrons. The smallest absolute Gasteiger partial charge is 0.268 e. The van der Waals surface area contributed by atoms with Crippen molar-refractivity contribution in [2.75, 3.05) is 40.9 Å². The Hall–Kier alpha value is -3.10. The molecule has 0 spiro atoms. The first-order chi connectivity index (χ1) is 31.5. The zero-order chi connectivity index (χ0) is 47.8. The lowest BCUT2D eigenvalue weighted by molar-refractivity contribution is -0.870. The molecule has 0 aliphatic rings. The summed E-state index contributed by atoms with van der Waals surface area (Å²) in [4.78, 5) is 25.3. The highest BCUT2D eigenvalue weighted by Gasteiger charge is 2.23. The molecule has 3 unspecified atom stereocenters. The van der Waals surface area contributed by atoms with E-state index in [0.29, 0.717) is 17.4 Å². The highest BCUT2D eigenvalue weighted by atomic mass is 31.2. The van der Waals surface area contributed by atoms with Gasteiger partial charge < -0.3 is 28.8 Å². The lowest BCUT2D eigenvalue weighted by atomic mass is 10.1. The van der Waals surface area contributed by atoms with Crippen LogP contribution in [0.1, 0.15) is 174 Å². The van der Waals surface area contributed by atoms with E-state index in [-0.39, 0.29) is 12.5 Å². The lowest BCUT2D eigenvalue weighted by Crippen LogP contribution is -2.45. The van der Waals surface area contributed by atoms with Crippen LogP contribution in [0.15, 0.2) is 122 Å². The van der Waals surface area contributed by atoms with Crippen LogP contribution in [0.2, 0.25) is 0 Å². The maximum atomic E-state index is 12.9. The number of unbranched alkanes of at least 4 members (excludes halogenated alkanes) is 13. The molecule has 0 aromatic rings. The van der Waals surface area contributed by atoms with E-state index in [9.17, 15) is 19.4 Å². The van der Waals surface area contributed by atoms with E-state index in [4.69, 9.17) is 9.05 Å². The van der Waals surface area contributed by atoms with Gasteiger partial charge in [0.05, 0.1) is 39.9 Å². The summed E-state index contributed by atoms with van der Waals surface area (Å²) in [7, 11) is 1.21. The number of phosphoric acid groups is 1. The highest BCUT2D eigenvalue weighted by Crippen LogP contribution is 2.38. The zero-order valence-corrected chi connectivity index (χ0v) is 42.8. The van der Waals surface area contributed by atoms with Gasteiger partial charge in [-0.3, -0.25) is 9.36 Å². The van der Waals surface area contributed by atoms with Crippen molar-refractivity contribution in [3.05, 3.63) is 122 Å². The second-order valence-electron chi connectivity index (χ2n) is 17.8. The van der Waals surface area contributed by atoms with Gasteiger partial charge in [-0.1, -0.05) is 193 Å². The Kier molecular flexibility index (Phi) is 43.8. The van der Waals surface area contributed by atoms with Crippen molar-refractivity contribution in [1.29, 1.82) is 0 Å². The number of quaternary nitrogens is 1. The molecule has 0 aliphatic carbocycles. The first-order valence-electron chi connectivity index (χ1n) is 25.4. The van der Waals surface area contributed by atoms with Crippen LogP contribution in [0, 0.1) is 0 Å². The molecule has 0 saturated heterocycles. The van der Waals surface area contributed by atoms with Crippen LogP contribution in [0.3, 0.4) is 0 Å². The van der Waals surface area contributed by atoms with E-state index < -0.39 is 26.6 Å². The molecule has 0 heterocycles. The number of carbonyl (C=O) groups excluding carboxylic acids is 1. The summed E-state index contributed by atoms with van der Waals surface area (Å²) in [6, 6.07) is -0.919. The van der Waals surface area contributed by atoms with Gasteiger partial charge in [-0.05, 0) is 96.3 Å². The van der Waals surface area contributed by atoms with Crippen LogP contribution in [0.4, 0.5) is 0 Å². The molecule has 0 radical (unpaired) electrons. The minimum Gasteiger partial charge on any atom is -0.756 e. The van der Waals surface area contributed by atoms with E-state index in [1.807, 2.05) is 27.2 Å². The fourth-order valence-corrected chi connectivity index (χ4v) is 7.14. The van der Waals surface area contributed by atoms with Crippen LogP contribution in [0.5, 0.6) is 0 Å². The van der Waals surface area contributed by atoms with E-state index in [0.717, 1.165) is 116 Å². The van der Waals surface area contributed by atoms with Crippen LogP contribution < -0.4 is 10.2 Å². The van der Waals surface area contributed by atoms with Crippen molar-refractivity contribution < 1.29 is 32.9 Å². The van der Waals surface area contributed by atoms with Crippen molar-refractivity contribution in [1.82, 2.24) is 5.32 Å². The van der Waals surface area contributed by atoms with Crippen molar-refractivity contribution in [3.8, 4) is 0 Å². The Labute approximate surface area is 399 Å². The molecule has 0 bridgehead atoms. The van der Waals surface area contributed by atoms with Gasteiger partial charge in [0.2, 0.25) is 5.91 Å². The summed E-state index contributed by atoms with van der Waals surface area (Å²) in [5.74, 6) is -0.230. The van der Waals surface area contributed by atoms with Gasteiger partial charge in [-0.25, -0.2) is 0 Å². The molecule has 0 fully saturated rings. The minimum absolute atomic E-state index is 0.0166. The maximum Gasteiger partial charge on any atom is 0.268 e. The van der Waals surface area contributed by atoms with E-state index in [2.05, 4.69) is 129 Å². The third kappa shape index (κ3) is 48.6. The number of likely N-dealkylation sites (N-methyl/N-ethyl adjacent to an activating group) is 1. The van der Waals surface area contributed by atoms with Crippen LogP contribution in [-0.4, -0.2) is 68.5 Å². The molecule has 0 aromatic heterocycles. The number of rotatable bonds is 44. The van der Waals surface area contributed by atoms with Crippen molar-refractivity contribution >= 4 is 13.7 Å². The van der Waals surface area contributed by atoms with Gasteiger partial charge in [0.1, 0.15) is 13.2 Å². The van der Waals surface area contributed by atoms with Crippen LogP contribution in [-0.2, 0) is 18.4 Å². The molecular weight excluding hydrogens is 828 g/mol. The van der Waals surface area contributed by atoms with Gasteiger partial charge >= 0.3 is 0 Å². The number of allylic oxidation sites excluding steroid dienone is 19. The second kappa shape index (κ2) is 46.0. The standard InChI is InChI=1S/C56H95N2O6P/c1-6-8-10-12-14-16-18-20-21-22-23-24-25-26-27-28-29-30-31-32-33-34-35-36-37-38-40-42-44-46-48-50-56(60)57-54(53-64-65(61,62)63-52-51-58(3,4)5)55(59)49-47-45-43-41-39-19-17-15-13-11-9-7-2/h8,10,14,16,20-21,23-24,26-27,29-30,32-33,35-36,39,41,47,49,54-55,59H,6-7,9,11-13,15,17-19,22,25,28,31,34,37-38,40,42-46,48,50-53H2,1-5H3,(H-,57,60,61,62)/b10-8-,16-14-,21-20-,24-23-,27-26-,30-29-,33-32-,36-35-,41-39+,49-47+. The van der Waals surface area contributed by atoms with Gasteiger partial charge in [-0.15, -0.1) is 0 Å². The molecule has 0 rings (SSSR count). The van der Waals surface area contributed by atoms with E-state index in [1.54, 1.807) is 6.08 Å². The summed E-state index contributed by atoms with van der Waals surface area (Å²) in [5, 5.41) is 13.8. The fourth-order valence-electron chi connectivity index (χ4n) is 6.42. The maximum absolute atomic E-state index is 12.9. The average Bonchev–Trinajstić information content (AvgIpc) is 3.26. The molecule has 0 saturated carbocycles. The molecule has 9 heteroatoms. The van der Waals surface area contributed by atoms with Crippen molar-refractivity contribution in [3.63, 3.8) is 0 Å². The third-order valence-electron chi connectivity index (χ3n) is 10.4. The van der Waals surface area contributed by atoms with Gasteiger partial charge in [-0.2, -0.15) is 0 Å². The highest BCUT2D eigenvalue weighted by molar-refractivity contribution is 7.45. The number of nitrogens with zero attached hydrogens (tertiary/aromatic N) is 1. The normalized spacial score (nSPS) is 15.1. The summed E-state index contributed by atoms with van der Waals surface area (Å²) < 4.78 is 23.2. The lowest BCUT2D eigenvalue weighted by Gasteiger charge is -2.29. The number of aliphatic hydroxyl groups is 1. The first kappa shape index (κ1) is 61.9. The fraction of sp³-hybridized carbons (Fsp3) is 0.625. The Morgan fingerprint density at radius 1 is 0.554 bits per heavy atom. The van der Waals surface area contributed by atoms with Gasteiger partial charge in [0.15, 0.2) is 0 Å². The predicted molar refractivity (Wildman–Crippen MR) is 279 cm³/mol. The minimum atomic E-state index is -4.61. The quantitative estimate of drug-likeness (QED) is 0.0273. The van der Waals surface area contributed by atoms with E-state index >= 15 is 0 Å². The number of phosphoric ester groups is 1. The Morgan fingerprint density at radius 2 is 0.954 bits per heavy atom. The van der Waals surface area contributed by atoms with Crippen LogP contribution in [0.25, 0.3) is 0 Å². The molecule has 0 aromatic carbocycles. The number of nitrogens with one attached hydrogen (secondary N) is 1. The summed E-state index contributed by atoms with van der Waals surface area (Å²) in [6.07, 6.45) is 68.3. The molecule has 0 aliphatic heterocycles. The van der Waals surface area contributed by atoms with Gasteiger partial charge in [0.25, 0.3) is 7.82 Å². The summed E-state index contributed by atoms with van der Waals surface area (Å²) in [5.41, 5.74) is 0. The molecular formula is C56H95N2O6P. The molecule has 65 heavy (non-hydrogen) atoms. The van der Waals surface area contributed by atoms with Crippen molar-refractivity contribution in [2.24, 2.45) is 0 Å². The largest absolute Gasteiger partial charge is 0.756 e. The topological polar surface area (TPSA) is 108 Å².